The Labute approximate surface area is 169 Å². The Morgan fingerprint density at radius 2 is 1.55 bits per heavy atom. The first kappa shape index (κ1) is 18.9. The van der Waals surface area contributed by atoms with E-state index in [0.29, 0.717) is 12.1 Å². The predicted molar refractivity (Wildman–Crippen MR) is 113 cm³/mol. The molecule has 1 aliphatic carbocycles. The summed E-state index contributed by atoms with van der Waals surface area (Å²) in [6, 6.07) is 23.1. The second-order valence-electron chi connectivity index (χ2n) is 7.15. The zero-order valence-corrected chi connectivity index (χ0v) is 15.9. The van der Waals surface area contributed by atoms with Crippen LogP contribution in [0.1, 0.15) is 22.6 Å². The van der Waals surface area contributed by atoms with Gasteiger partial charge in [-0.2, -0.15) is 0 Å². The molecule has 1 aliphatic rings. The topological polar surface area (TPSA) is 81.4 Å². The molecule has 0 aromatic heterocycles. The molecule has 0 fully saturated rings. The zero-order valence-electron chi connectivity index (χ0n) is 15.9. The minimum absolute atomic E-state index is 0.0281. The summed E-state index contributed by atoms with van der Waals surface area (Å²) < 4.78 is 5.54. The fourth-order valence-electron chi connectivity index (χ4n) is 3.80. The average Bonchev–Trinajstić information content (AvgIpc) is 3.07. The van der Waals surface area contributed by atoms with Gasteiger partial charge in [0.2, 0.25) is 0 Å². The molecule has 4 rings (SSSR count). The van der Waals surface area contributed by atoms with Crippen molar-refractivity contribution in [2.45, 2.75) is 18.4 Å². The van der Waals surface area contributed by atoms with E-state index in [1.165, 1.54) is 22.3 Å². The maximum absolute atomic E-state index is 12.3. The Kier molecular flexibility index (Phi) is 5.40. The molecular formula is C24H22N2O3. The van der Waals surface area contributed by atoms with Crippen LogP contribution >= 0.6 is 0 Å². The van der Waals surface area contributed by atoms with Crippen molar-refractivity contribution in [1.82, 2.24) is 0 Å². The standard InChI is InChI=1S/C24H22N2O3/c25-17(14-27)13-16-9-11-18(12-10-16)26-24(28)29-15-23-21-7-3-1-5-19(21)20-6-2-4-8-22(20)23/h1-12,14,17,23H,13,15,25H2,(H,26,28)/t17-/m0/s1. The van der Waals surface area contributed by atoms with Crippen LogP contribution in [0.15, 0.2) is 72.8 Å². The summed E-state index contributed by atoms with van der Waals surface area (Å²) in [6.07, 6.45) is 0.696. The fourth-order valence-corrected chi connectivity index (χ4v) is 3.80. The van der Waals surface area contributed by atoms with Crippen LogP contribution in [0, 0.1) is 0 Å². The Morgan fingerprint density at radius 3 is 2.14 bits per heavy atom. The number of anilines is 1. The van der Waals surface area contributed by atoms with Crippen LogP contribution in [0.4, 0.5) is 10.5 Å². The third-order valence-corrected chi connectivity index (χ3v) is 5.19. The molecule has 1 atom stereocenters. The van der Waals surface area contributed by atoms with Crippen LogP contribution in [0.3, 0.4) is 0 Å². The molecule has 0 bridgehead atoms. The number of nitrogens with one attached hydrogen (secondary N) is 1. The molecule has 3 N–H and O–H groups in total. The quantitative estimate of drug-likeness (QED) is 0.625. The molecule has 5 heteroatoms. The lowest BCUT2D eigenvalue weighted by molar-refractivity contribution is -0.108. The number of nitrogens with two attached hydrogens (primary N) is 1. The van der Waals surface area contributed by atoms with Crippen LogP contribution in [0.5, 0.6) is 0 Å². The van der Waals surface area contributed by atoms with Crippen LogP contribution in [0.25, 0.3) is 11.1 Å². The van der Waals surface area contributed by atoms with Gasteiger partial charge in [-0.1, -0.05) is 60.7 Å². The Morgan fingerprint density at radius 1 is 0.966 bits per heavy atom. The van der Waals surface area contributed by atoms with Crippen molar-refractivity contribution in [2.75, 3.05) is 11.9 Å². The lowest BCUT2D eigenvalue weighted by Crippen LogP contribution is -2.24. The van der Waals surface area contributed by atoms with Gasteiger partial charge in [0.1, 0.15) is 12.9 Å². The second kappa shape index (κ2) is 8.29. The van der Waals surface area contributed by atoms with Gasteiger partial charge in [0.15, 0.2) is 0 Å². The van der Waals surface area contributed by atoms with Gasteiger partial charge in [-0.15, -0.1) is 0 Å². The number of fused-ring (bicyclic) bond motifs is 3. The molecule has 3 aromatic rings. The lowest BCUT2D eigenvalue weighted by Gasteiger charge is -2.14. The highest BCUT2D eigenvalue weighted by Gasteiger charge is 2.28. The number of carbonyl (C=O) groups is 2. The van der Waals surface area contributed by atoms with Crippen molar-refractivity contribution in [3.8, 4) is 11.1 Å². The molecule has 5 nitrogen and oxygen atoms in total. The van der Waals surface area contributed by atoms with Crippen LogP contribution in [-0.2, 0) is 16.0 Å². The molecule has 0 saturated carbocycles. The summed E-state index contributed by atoms with van der Waals surface area (Å²) in [5, 5.41) is 2.75. The SMILES string of the molecule is N[C@H](C=O)Cc1ccc(NC(=O)OCC2c3ccccc3-c3ccccc32)cc1. The molecule has 0 unspecified atom stereocenters. The molecular weight excluding hydrogens is 364 g/mol. The third kappa shape index (κ3) is 4.05. The highest BCUT2D eigenvalue weighted by Crippen LogP contribution is 2.44. The van der Waals surface area contributed by atoms with Gasteiger partial charge in [-0.3, -0.25) is 5.32 Å². The Balaban J connectivity index is 1.39. The van der Waals surface area contributed by atoms with E-state index >= 15 is 0 Å². The number of amides is 1. The molecule has 146 valence electrons. The number of rotatable bonds is 6. The van der Waals surface area contributed by atoms with Gasteiger partial charge in [0.05, 0.1) is 6.04 Å². The Bertz CT molecular complexity index is 985. The summed E-state index contributed by atoms with van der Waals surface area (Å²) in [6.45, 7) is 0.270. The van der Waals surface area contributed by atoms with Gasteiger partial charge in [0, 0.05) is 11.6 Å². The fraction of sp³-hybridized carbons (Fsp3) is 0.167. The van der Waals surface area contributed by atoms with E-state index in [4.69, 9.17) is 10.5 Å². The van der Waals surface area contributed by atoms with E-state index < -0.39 is 12.1 Å². The molecule has 0 heterocycles. The maximum atomic E-state index is 12.3. The molecule has 1 amide bonds. The van der Waals surface area contributed by atoms with Crippen molar-refractivity contribution < 1.29 is 14.3 Å². The minimum Gasteiger partial charge on any atom is -0.448 e. The third-order valence-electron chi connectivity index (χ3n) is 5.19. The normalized spacial score (nSPS) is 13.3. The first-order valence-corrected chi connectivity index (χ1v) is 9.57. The molecule has 0 spiro atoms. The van der Waals surface area contributed by atoms with E-state index in [9.17, 15) is 9.59 Å². The van der Waals surface area contributed by atoms with Gasteiger partial charge in [-0.05, 0) is 46.4 Å². The highest BCUT2D eigenvalue weighted by molar-refractivity contribution is 5.85. The number of aldehydes is 1. The zero-order chi connectivity index (χ0) is 20.2. The summed E-state index contributed by atoms with van der Waals surface area (Å²) in [7, 11) is 0. The molecule has 29 heavy (non-hydrogen) atoms. The first-order valence-electron chi connectivity index (χ1n) is 9.57. The first-order chi connectivity index (χ1) is 14.2. The number of benzene rings is 3. The Hall–Kier alpha value is -3.44. The van der Waals surface area contributed by atoms with Crippen molar-refractivity contribution in [2.24, 2.45) is 5.73 Å². The van der Waals surface area contributed by atoms with Crippen LogP contribution in [0.2, 0.25) is 0 Å². The summed E-state index contributed by atoms with van der Waals surface area (Å²) in [5.41, 5.74) is 11.9. The van der Waals surface area contributed by atoms with Gasteiger partial charge < -0.3 is 15.3 Å². The monoisotopic (exact) mass is 386 g/mol. The maximum Gasteiger partial charge on any atom is 0.411 e. The minimum atomic E-state index is -0.518. The van der Waals surface area contributed by atoms with Crippen molar-refractivity contribution in [3.05, 3.63) is 89.5 Å². The van der Waals surface area contributed by atoms with Gasteiger partial charge in [-0.25, -0.2) is 4.79 Å². The molecule has 0 radical (unpaired) electrons. The predicted octanol–water partition coefficient (Wildman–Crippen LogP) is 4.12. The lowest BCUT2D eigenvalue weighted by atomic mass is 9.98. The van der Waals surface area contributed by atoms with E-state index in [1.54, 1.807) is 12.1 Å². The molecule has 0 saturated heterocycles. The largest absolute Gasteiger partial charge is 0.448 e. The van der Waals surface area contributed by atoms with E-state index in [0.717, 1.165) is 11.8 Å². The van der Waals surface area contributed by atoms with Gasteiger partial charge in [0.25, 0.3) is 0 Å². The summed E-state index contributed by atoms with van der Waals surface area (Å²) in [5.74, 6) is 0.0281. The second-order valence-corrected chi connectivity index (χ2v) is 7.15. The van der Waals surface area contributed by atoms with Crippen molar-refractivity contribution >= 4 is 18.1 Å². The summed E-state index contributed by atoms with van der Waals surface area (Å²) >= 11 is 0. The highest BCUT2D eigenvalue weighted by atomic mass is 16.5. The van der Waals surface area contributed by atoms with E-state index in [-0.39, 0.29) is 12.5 Å². The van der Waals surface area contributed by atoms with Crippen molar-refractivity contribution in [3.63, 3.8) is 0 Å². The van der Waals surface area contributed by atoms with E-state index in [2.05, 4.69) is 29.6 Å². The van der Waals surface area contributed by atoms with Crippen molar-refractivity contribution in [1.29, 1.82) is 0 Å². The number of hydrogen-bond donors (Lipinski definition) is 2. The van der Waals surface area contributed by atoms with Crippen LogP contribution < -0.4 is 11.1 Å². The molecule has 0 aliphatic heterocycles. The number of hydrogen-bond acceptors (Lipinski definition) is 4. The average molecular weight is 386 g/mol. The smallest absolute Gasteiger partial charge is 0.411 e. The van der Waals surface area contributed by atoms with Gasteiger partial charge >= 0.3 is 6.09 Å². The number of ether oxygens (including phenoxy) is 1. The number of carbonyl (C=O) groups excluding carboxylic acids is 2. The van der Waals surface area contributed by atoms with E-state index in [1.807, 2.05) is 36.4 Å². The summed E-state index contributed by atoms with van der Waals surface area (Å²) in [4.78, 5) is 23.0. The van der Waals surface area contributed by atoms with Crippen LogP contribution in [-0.4, -0.2) is 25.0 Å². The molecule has 3 aromatic carbocycles.